The first-order valence-corrected chi connectivity index (χ1v) is 9.75. The number of carbonyl (C=O) groups excluding carboxylic acids is 1. The lowest BCUT2D eigenvalue weighted by atomic mass is 9.94. The van der Waals surface area contributed by atoms with Crippen molar-refractivity contribution in [1.82, 2.24) is 0 Å². The van der Waals surface area contributed by atoms with Crippen molar-refractivity contribution in [2.75, 3.05) is 25.6 Å². The second-order valence-corrected chi connectivity index (χ2v) is 6.84. The van der Waals surface area contributed by atoms with Gasteiger partial charge in [0.05, 0.1) is 12.2 Å². The number of hydrogen-bond donors (Lipinski definition) is 4. The Labute approximate surface area is 185 Å². The minimum absolute atomic E-state index is 0.0194. The molecule has 1 amide bonds. The van der Waals surface area contributed by atoms with E-state index in [4.69, 9.17) is 20.6 Å². The van der Waals surface area contributed by atoms with Crippen molar-refractivity contribution in [2.45, 2.75) is 0 Å². The molecular formula is C24H23N3O5. The number of nitrogens with one attached hydrogen (secondary N) is 2. The summed E-state index contributed by atoms with van der Waals surface area (Å²) < 4.78 is 10.5. The molecule has 0 heterocycles. The third-order valence-electron chi connectivity index (χ3n) is 4.69. The van der Waals surface area contributed by atoms with E-state index in [2.05, 4.69) is 5.32 Å². The van der Waals surface area contributed by atoms with Crippen molar-refractivity contribution in [3.05, 3.63) is 83.4 Å². The lowest BCUT2D eigenvalue weighted by molar-refractivity contribution is 0.0696. The number of anilines is 1. The van der Waals surface area contributed by atoms with E-state index in [1.165, 1.54) is 6.07 Å². The fourth-order valence-corrected chi connectivity index (χ4v) is 3.12. The molecule has 0 bridgehead atoms. The number of aromatic carboxylic acids is 1. The molecule has 8 nitrogen and oxygen atoms in total. The number of benzene rings is 3. The summed E-state index contributed by atoms with van der Waals surface area (Å²) in [5.41, 5.74) is 7.74. The Bertz CT molecular complexity index is 1140. The molecule has 0 fully saturated rings. The summed E-state index contributed by atoms with van der Waals surface area (Å²) in [6, 6.07) is 18.0. The van der Waals surface area contributed by atoms with Crippen LogP contribution in [0.5, 0.6) is 5.75 Å². The van der Waals surface area contributed by atoms with Crippen LogP contribution in [0.2, 0.25) is 0 Å². The highest BCUT2D eigenvalue weighted by atomic mass is 16.5. The van der Waals surface area contributed by atoms with Crippen molar-refractivity contribution in [3.8, 4) is 16.9 Å². The summed E-state index contributed by atoms with van der Waals surface area (Å²) in [5, 5.41) is 20.0. The first kappa shape index (κ1) is 22.5. The Balaban J connectivity index is 1.92. The summed E-state index contributed by atoms with van der Waals surface area (Å²) in [6.45, 7) is 0.664. The number of rotatable bonds is 9. The SMILES string of the molecule is COCCOc1ccc(-c2ccccc2C(=O)Nc2ccc(C(=N)N)cc2)c(C(=O)O)c1. The number of carboxylic acids is 1. The average Bonchev–Trinajstić information content (AvgIpc) is 2.79. The maximum absolute atomic E-state index is 13.0. The van der Waals surface area contributed by atoms with Crippen molar-refractivity contribution in [2.24, 2.45) is 5.73 Å². The van der Waals surface area contributed by atoms with Crippen LogP contribution in [0.4, 0.5) is 5.69 Å². The smallest absolute Gasteiger partial charge is 0.336 e. The molecule has 0 saturated heterocycles. The van der Waals surface area contributed by atoms with Crippen LogP contribution in [0, 0.1) is 5.41 Å². The molecule has 164 valence electrons. The van der Waals surface area contributed by atoms with Gasteiger partial charge < -0.3 is 25.6 Å². The molecule has 3 aromatic carbocycles. The minimum atomic E-state index is -1.13. The fourth-order valence-electron chi connectivity index (χ4n) is 3.12. The number of methoxy groups -OCH3 is 1. The number of nitrogens with two attached hydrogens (primary N) is 1. The predicted molar refractivity (Wildman–Crippen MR) is 122 cm³/mol. The van der Waals surface area contributed by atoms with E-state index in [1.54, 1.807) is 67.8 Å². The zero-order chi connectivity index (χ0) is 23.1. The zero-order valence-corrected chi connectivity index (χ0v) is 17.4. The van der Waals surface area contributed by atoms with Crippen molar-refractivity contribution >= 4 is 23.4 Å². The van der Waals surface area contributed by atoms with Crippen LogP contribution in [0.1, 0.15) is 26.3 Å². The Hall–Kier alpha value is -4.17. The largest absolute Gasteiger partial charge is 0.491 e. The molecule has 0 unspecified atom stereocenters. The highest BCUT2D eigenvalue weighted by Gasteiger charge is 2.19. The molecule has 0 aliphatic carbocycles. The van der Waals surface area contributed by atoms with Gasteiger partial charge in [-0.3, -0.25) is 10.2 Å². The Kier molecular flexibility index (Phi) is 7.20. The van der Waals surface area contributed by atoms with Crippen molar-refractivity contribution in [1.29, 1.82) is 5.41 Å². The van der Waals surface area contributed by atoms with Crippen LogP contribution in [-0.4, -0.2) is 43.1 Å². The maximum atomic E-state index is 13.0. The van der Waals surface area contributed by atoms with E-state index in [1.807, 2.05) is 0 Å². The topological polar surface area (TPSA) is 135 Å². The molecule has 0 radical (unpaired) electrons. The number of ether oxygens (including phenoxy) is 2. The monoisotopic (exact) mass is 433 g/mol. The van der Waals surface area contributed by atoms with E-state index in [9.17, 15) is 14.7 Å². The molecule has 8 heteroatoms. The Morgan fingerprint density at radius 3 is 2.31 bits per heavy atom. The third-order valence-corrected chi connectivity index (χ3v) is 4.69. The van der Waals surface area contributed by atoms with Gasteiger partial charge in [0.1, 0.15) is 18.2 Å². The fraction of sp³-hybridized carbons (Fsp3) is 0.125. The summed E-state index contributed by atoms with van der Waals surface area (Å²) in [7, 11) is 1.55. The van der Waals surface area contributed by atoms with E-state index >= 15 is 0 Å². The first-order chi connectivity index (χ1) is 15.4. The molecule has 3 aromatic rings. The molecule has 0 saturated carbocycles. The molecular weight excluding hydrogens is 410 g/mol. The van der Waals surface area contributed by atoms with Gasteiger partial charge in [0, 0.05) is 23.9 Å². The average molecular weight is 433 g/mol. The van der Waals surface area contributed by atoms with Crippen LogP contribution in [0.3, 0.4) is 0 Å². The number of carbonyl (C=O) groups is 2. The van der Waals surface area contributed by atoms with Gasteiger partial charge in [-0.05, 0) is 59.7 Å². The lowest BCUT2D eigenvalue weighted by Crippen LogP contribution is -2.15. The van der Waals surface area contributed by atoms with Gasteiger partial charge in [0.25, 0.3) is 5.91 Å². The summed E-state index contributed by atoms with van der Waals surface area (Å²) in [4.78, 5) is 24.9. The van der Waals surface area contributed by atoms with Crippen LogP contribution in [-0.2, 0) is 4.74 Å². The van der Waals surface area contributed by atoms with Gasteiger partial charge in [-0.1, -0.05) is 18.2 Å². The summed E-state index contributed by atoms with van der Waals surface area (Å²) in [5.74, 6) is -1.19. The van der Waals surface area contributed by atoms with Crippen LogP contribution in [0.15, 0.2) is 66.7 Å². The van der Waals surface area contributed by atoms with Gasteiger partial charge in [-0.15, -0.1) is 0 Å². The molecule has 0 aromatic heterocycles. The quantitative estimate of drug-likeness (QED) is 0.231. The van der Waals surface area contributed by atoms with Gasteiger partial charge >= 0.3 is 5.97 Å². The number of carboxylic acid groups (broad SMARTS) is 1. The molecule has 5 N–H and O–H groups in total. The minimum Gasteiger partial charge on any atom is -0.491 e. The number of nitrogen functional groups attached to an aromatic ring is 1. The molecule has 0 aliphatic heterocycles. The standard InChI is InChI=1S/C24H23N3O5/c1-31-12-13-32-17-10-11-19(21(14-17)24(29)30)18-4-2-3-5-20(18)23(28)27-16-8-6-15(7-9-16)22(25)26/h2-11,14H,12-13H2,1H3,(H3,25,26)(H,27,28)(H,29,30). The number of amides is 1. The molecule has 0 atom stereocenters. The van der Waals surface area contributed by atoms with Gasteiger partial charge in [0.15, 0.2) is 0 Å². The van der Waals surface area contributed by atoms with E-state index < -0.39 is 11.9 Å². The summed E-state index contributed by atoms with van der Waals surface area (Å²) in [6.07, 6.45) is 0. The van der Waals surface area contributed by atoms with E-state index in [0.29, 0.717) is 40.3 Å². The second-order valence-electron chi connectivity index (χ2n) is 6.84. The normalized spacial score (nSPS) is 10.4. The van der Waals surface area contributed by atoms with Crippen LogP contribution >= 0.6 is 0 Å². The van der Waals surface area contributed by atoms with Crippen LogP contribution < -0.4 is 15.8 Å². The highest BCUT2D eigenvalue weighted by Crippen LogP contribution is 2.31. The zero-order valence-electron chi connectivity index (χ0n) is 17.4. The van der Waals surface area contributed by atoms with Crippen LogP contribution in [0.25, 0.3) is 11.1 Å². The second kappa shape index (κ2) is 10.2. The molecule has 0 aliphatic rings. The molecule has 0 spiro atoms. The van der Waals surface area contributed by atoms with Gasteiger partial charge in [0.2, 0.25) is 0 Å². The first-order valence-electron chi connectivity index (χ1n) is 9.75. The van der Waals surface area contributed by atoms with Crippen molar-refractivity contribution < 1.29 is 24.2 Å². The van der Waals surface area contributed by atoms with E-state index in [0.717, 1.165) is 0 Å². The molecule has 32 heavy (non-hydrogen) atoms. The Morgan fingerprint density at radius 1 is 0.969 bits per heavy atom. The Morgan fingerprint density at radius 2 is 1.66 bits per heavy atom. The van der Waals surface area contributed by atoms with Crippen molar-refractivity contribution in [3.63, 3.8) is 0 Å². The summed E-state index contributed by atoms with van der Waals surface area (Å²) >= 11 is 0. The highest BCUT2D eigenvalue weighted by molar-refractivity contribution is 6.10. The van der Waals surface area contributed by atoms with Gasteiger partial charge in [-0.2, -0.15) is 0 Å². The number of hydrogen-bond acceptors (Lipinski definition) is 5. The maximum Gasteiger partial charge on any atom is 0.336 e. The predicted octanol–water partition coefficient (Wildman–Crippen LogP) is 3.61. The number of amidine groups is 1. The molecule has 3 rings (SSSR count). The lowest BCUT2D eigenvalue weighted by Gasteiger charge is -2.14. The third kappa shape index (κ3) is 5.30. The van der Waals surface area contributed by atoms with Gasteiger partial charge in [-0.25, -0.2) is 4.79 Å². The van der Waals surface area contributed by atoms with E-state index in [-0.39, 0.29) is 18.0 Å².